The Morgan fingerprint density at radius 1 is 0.254 bits per heavy atom. The average molecular weight is 918 g/mol. The molecule has 0 aliphatic heterocycles. The third-order valence-electron chi connectivity index (χ3n) is 16.0. The summed E-state index contributed by atoms with van der Waals surface area (Å²) in [7, 11) is 0. The van der Waals surface area contributed by atoms with Gasteiger partial charge in [0.2, 0.25) is 0 Å². The van der Waals surface area contributed by atoms with E-state index in [9.17, 15) is 0 Å². The molecule has 0 amide bonds. The van der Waals surface area contributed by atoms with Crippen molar-refractivity contribution in [2.75, 3.05) is 0 Å². The molecule has 13 aromatic rings. The first kappa shape index (κ1) is 39.1. The second-order valence-electron chi connectivity index (χ2n) is 19.3. The zero-order valence-electron chi connectivity index (χ0n) is 38.3. The average Bonchev–Trinajstić information content (AvgIpc) is 4.06. The summed E-state index contributed by atoms with van der Waals surface area (Å²) >= 11 is 1.89. The Hall–Kier alpha value is -8.83. The maximum absolute atomic E-state index is 5.48. The lowest BCUT2D eigenvalue weighted by Crippen LogP contribution is -2.43. The molecule has 2 aromatic heterocycles. The summed E-state index contributed by atoms with van der Waals surface area (Å²) in [5.41, 5.74) is 17.2. The van der Waals surface area contributed by atoms with E-state index in [1.54, 1.807) is 0 Å². The van der Waals surface area contributed by atoms with Gasteiger partial charge in [-0.2, -0.15) is 0 Å². The number of hydrogen-bond donors (Lipinski definition) is 0. The molecule has 71 heavy (non-hydrogen) atoms. The molecule has 0 bridgehead atoms. The second kappa shape index (κ2) is 14.4. The van der Waals surface area contributed by atoms with E-state index in [1.807, 2.05) is 11.3 Å². The second-order valence-corrected chi connectivity index (χ2v) is 20.4. The fourth-order valence-electron chi connectivity index (χ4n) is 13.2. The number of thiophene rings is 1. The molecule has 328 valence electrons. The Morgan fingerprint density at radius 2 is 0.676 bits per heavy atom. The van der Waals surface area contributed by atoms with Crippen LogP contribution in [0, 0.1) is 0 Å². The van der Waals surface area contributed by atoms with E-state index >= 15 is 0 Å². The molecular weight excluding hydrogens is 879 g/mol. The minimum atomic E-state index is -0.695. The highest BCUT2D eigenvalue weighted by Crippen LogP contribution is 2.68. The third-order valence-corrected chi connectivity index (χ3v) is 17.1. The molecular formula is C67H39N3S. The topological polar surface area (TPSA) is 38.7 Å². The van der Waals surface area contributed by atoms with Crippen LogP contribution in [0.25, 0.3) is 98.1 Å². The van der Waals surface area contributed by atoms with Gasteiger partial charge in [-0.3, -0.25) is 0 Å². The minimum Gasteiger partial charge on any atom is -0.208 e. The predicted molar refractivity (Wildman–Crippen MR) is 292 cm³/mol. The van der Waals surface area contributed by atoms with Crippen molar-refractivity contribution in [3.05, 3.63) is 281 Å². The van der Waals surface area contributed by atoms with Crippen LogP contribution in [-0.4, -0.2) is 15.0 Å². The van der Waals surface area contributed by atoms with E-state index in [2.05, 4.69) is 237 Å². The molecule has 11 aromatic carbocycles. The Kier molecular flexibility index (Phi) is 7.90. The van der Waals surface area contributed by atoms with Crippen LogP contribution >= 0.6 is 11.3 Å². The molecule has 0 atom stereocenters. The van der Waals surface area contributed by atoms with Crippen LogP contribution in [0.4, 0.5) is 0 Å². The molecule has 3 aliphatic carbocycles. The van der Waals surface area contributed by atoms with Crippen LogP contribution < -0.4 is 0 Å². The molecule has 4 heteroatoms. The molecule has 2 spiro atoms. The normalized spacial score (nSPS) is 14.1. The number of benzene rings is 11. The summed E-state index contributed by atoms with van der Waals surface area (Å²) in [6.45, 7) is 0. The number of nitrogens with zero attached hydrogens (tertiary/aromatic N) is 3. The summed E-state index contributed by atoms with van der Waals surface area (Å²) in [4.78, 5) is 16.3. The van der Waals surface area contributed by atoms with Crippen LogP contribution in [-0.2, 0) is 10.8 Å². The Morgan fingerprint density at radius 3 is 1.27 bits per heavy atom. The first-order chi connectivity index (χ1) is 35.2. The highest BCUT2D eigenvalue weighted by molar-refractivity contribution is 7.25. The highest BCUT2D eigenvalue weighted by Gasteiger charge is 2.59. The van der Waals surface area contributed by atoms with Gasteiger partial charge < -0.3 is 0 Å². The summed E-state index contributed by atoms with van der Waals surface area (Å²) in [6.07, 6.45) is 0. The van der Waals surface area contributed by atoms with Crippen molar-refractivity contribution in [2.45, 2.75) is 10.8 Å². The fourth-order valence-corrected chi connectivity index (χ4v) is 14.4. The molecule has 0 fully saturated rings. The summed E-state index contributed by atoms with van der Waals surface area (Å²) < 4.78 is 2.60. The molecule has 0 saturated carbocycles. The van der Waals surface area contributed by atoms with Crippen molar-refractivity contribution in [2.24, 2.45) is 0 Å². The van der Waals surface area contributed by atoms with Gasteiger partial charge in [0.15, 0.2) is 17.5 Å². The van der Waals surface area contributed by atoms with Crippen molar-refractivity contribution >= 4 is 53.1 Å². The Labute approximate surface area is 414 Å². The van der Waals surface area contributed by atoms with E-state index in [1.165, 1.54) is 86.9 Å². The number of rotatable bonds is 3. The Bertz CT molecular complexity index is 4240. The van der Waals surface area contributed by atoms with Crippen LogP contribution in [0.1, 0.15) is 44.5 Å². The van der Waals surface area contributed by atoms with Gasteiger partial charge in [0.05, 0.1) is 10.8 Å². The van der Waals surface area contributed by atoms with Crippen LogP contribution in [0.3, 0.4) is 0 Å². The zero-order valence-corrected chi connectivity index (χ0v) is 39.1. The highest BCUT2D eigenvalue weighted by atomic mass is 32.1. The van der Waals surface area contributed by atoms with Crippen LogP contribution in [0.15, 0.2) is 237 Å². The largest absolute Gasteiger partial charge is 0.208 e. The van der Waals surface area contributed by atoms with Crippen molar-refractivity contribution in [1.29, 1.82) is 0 Å². The lowest BCUT2D eigenvalue weighted by molar-refractivity contribution is 0.633. The van der Waals surface area contributed by atoms with Gasteiger partial charge in [0.1, 0.15) is 0 Å². The van der Waals surface area contributed by atoms with Crippen molar-refractivity contribution in [1.82, 2.24) is 15.0 Å². The van der Waals surface area contributed by atoms with Gasteiger partial charge >= 0.3 is 0 Å². The predicted octanol–water partition coefficient (Wildman–Crippen LogP) is 16.6. The first-order valence-corrected chi connectivity index (χ1v) is 25.2. The van der Waals surface area contributed by atoms with Crippen molar-refractivity contribution in [3.63, 3.8) is 0 Å². The summed E-state index contributed by atoms with van der Waals surface area (Å²) in [6, 6.07) is 87.7. The van der Waals surface area contributed by atoms with Crippen LogP contribution in [0.2, 0.25) is 0 Å². The van der Waals surface area contributed by atoms with E-state index in [-0.39, 0.29) is 0 Å². The van der Waals surface area contributed by atoms with E-state index in [4.69, 9.17) is 15.0 Å². The maximum atomic E-state index is 5.48. The van der Waals surface area contributed by atoms with Gasteiger partial charge in [-0.05, 0) is 113 Å². The van der Waals surface area contributed by atoms with Gasteiger partial charge in [-0.1, -0.05) is 212 Å². The lowest BCUT2D eigenvalue weighted by atomic mass is 9.52. The van der Waals surface area contributed by atoms with Crippen LogP contribution in [0.5, 0.6) is 0 Å². The molecule has 0 saturated heterocycles. The quantitative estimate of drug-likeness (QED) is 0.177. The SMILES string of the molecule is c1ccc2c(c1)-c1ccccc1C21c2ccccc2C2(c3cc(-c4nc(-c5cccc6ccccc56)nc(-c5cccc6ccccc56)n4)ccc3-c3cc4c(cc32)sc2ccccc24)c2ccccc21. The molecule has 3 nitrogen and oxygen atoms in total. The number of fused-ring (bicyclic) bond motifs is 21. The number of aromatic nitrogens is 3. The molecule has 0 N–H and O–H groups in total. The maximum Gasteiger partial charge on any atom is 0.164 e. The molecule has 16 rings (SSSR count). The van der Waals surface area contributed by atoms with E-state index < -0.39 is 10.8 Å². The fraction of sp³-hybridized carbons (Fsp3) is 0.0299. The van der Waals surface area contributed by atoms with E-state index in [0.29, 0.717) is 17.5 Å². The number of hydrogen-bond acceptors (Lipinski definition) is 4. The molecule has 2 heterocycles. The summed E-state index contributed by atoms with van der Waals surface area (Å²) in [5.74, 6) is 1.93. The smallest absolute Gasteiger partial charge is 0.164 e. The van der Waals surface area contributed by atoms with Gasteiger partial charge in [0, 0.05) is 36.9 Å². The standard InChI is InChI=1S/C67H39N3S/c1-3-21-43-40(17-1)19-15-26-49(43)64-68-63(69-65(70-64)50-27-16-20-41-18-2-4-22-44(41)50)42-35-36-47-51-38-52-48-25-7-14-34-61(48)71-62(52)39-60(51)67(59(47)37-42)57-32-12-10-30-55(57)66(56-31-11-13-33-58(56)67)53-28-8-5-23-45(53)46-24-6-9-29-54(46)66/h1-39H. The first-order valence-electron chi connectivity index (χ1n) is 24.4. The Balaban J connectivity index is 1.02. The molecule has 3 aliphatic rings. The minimum absolute atomic E-state index is 0.539. The van der Waals surface area contributed by atoms with Gasteiger partial charge in [-0.25, -0.2) is 15.0 Å². The zero-order chi connectivity index (χ0) is 46.4. The third kappa shape index (κ3) is 5.09. The van der Waals surface area contributed by atoms with Gasteiger partial charge in [-0.15, -0.1) is 11.3 Å². The lowest BCUT2D eigenvalue weighted by Gasteiger charge is -2.48. The van der Waals surface area contributed by atoms with Crippen molar-refractivity contribution in [3.8, 4) is 56.4 Å². The monoisotopic (exact) mass is 917 g/mol. The van der Waals surface area contributed by atoms with Crippen molar-refractivity contribution < 1.29 is 0 Å². The molecule has 0 unspecified atom stereocenters. The van der Waals surface area contributed by atoms with Gasteiger partial charge in [0.25, 0.3) is 0 Å². The molecule has 0 radical (unpaired) electrons. The summed E-state index contributed by atoms with van der Waals surface area (Å²) in [5, 5.41) is 7.08. The van der Waals surface area contributed by atoms with E-state index in [0.717, 1.165) is 38.2 Å².